The monoisotopic (exact) mass is 362 g/mol. The molecule has 0 aliphatic rings. The minimum Gasteiger partial charge on any atom is -0.441 e. The maximum atomic E-state index is 12.2. The number of hydrogen-bond acceptors (Lipinski definition) is 4. The third-order valence-corrected chi connectivity index (χ3v) is 5.00. The molecule has 0 aliphatic carbocycles. The molecule has 0 radical (unpaired) electrons. The van der Waals surface area contributed by atoms with Crippen molar-refractivity contribution in [2.45, 2.75) is 39.9 Å². The van der Waals surface area contributed by atoms with Gasteiger partial charge in [0, 0.05) is 22.9 Å². The Morgan fingerprint density at radius 2 is 1.92 bits per heavy atom. The van der Waals surface area contributed by atoms with E-state index < -0.39 is 10.8 Å². The quantitative estimate of drug-likeness (QED) is 0.781. The van der Waals surface area contributed by atoms with Gasteiger partial charge in [0.05, 0.1) is 11.4 Å². The number of amides is 1. The van der Waals surface area contributed by atoms with Crippen molar-refractivity contribution in [3.63, 3.8) is 0 Å². The van der Waals surface area contributed by atoms with Gasteiger partial charge < -0.3 is 9.73 Å². The first kappa shape index (κ1) is 19.4. The van der Waals surface area contributed by atoms with Crippen LogP contribution in [0.5, 0.6) is 0 Å². The van der Waals surface area contributed by atoms with Gasteiger partial charge in [0.1, 0.15) is 11.5 Å². The van der Waals surface area contributed by atoms with Crippen LogP contribution in [-0.4, -0.2) is 27.4 Å². The number of carbonyl (C=O) groups excluding carboxylic acids is 1. The smallest absolute Gasteiger partial charge is 0.232 e. The lowest BCUT2D eigenvalue weighted by molar-refractivity contribution is -0.118. The number of nitrogens with one attached hydrogen (secondary N) is 1. The minimum atomic E-state index is -1.31. The number of benzene rings is 1. The lowest BCUT2D eigenvalue weighted by Crippen LogP contribution is -2.30. The number of nitrogens with zero attached hydrogens (tertiary/aromatic N) is 1. The SMILES string of the molecule is Cc1ccc(-c2nc(C[S@@](=O)CC(=O)NCCC(C)C)c(C)o2)cc1. The summed E-state index contributed by atoms with van der Waals surface area (Å²) in [7, 11) is -1.31. The van der Waals surface area contributed by atoms with Crippen molar-refractivity contribution in [3.8, 4) is 11.5 Å². The fourth-order valence-electron chi connectivity index (χ4n) is 2.28. The molecular weight excluding hydrogens is 336 g/mol. The normalized spacial score (nSPS) is 12.4. The van der Waals surface area contributed by atoms with Crippen molar-refractivity contribution >= 4 is 16.7 Å². The second-order valence-corrected chi connectivity index (χ2v) is 8.11. The highest BCUT2D eigenvalue weighted by Gasteiger charge is 2.16. The molecule has 136 valence electrons. The number of oxazole rings is 1. The summed E-state index contributed by atoms with van der Waals surface area (Å²) in [4.78, 5) is 16.3. The first-order valence-electron chi connectivity index (χ1n) is 8.50. The van der Waals surface area contributed by atoms with Gasteiger partial charge in [0.2, 0.25) is 11.8 Å². The van der Waals surface area contributed by atoms with E-state index in [9.17, 15) is 9.00 Å². The van der Waals surface area contributed by atoms with Crippen LogP contribution in [0.1, 0.15) is 37.3 Å². The second-order valence-electron chi connectivity index (χ2n) is 6.65. The molecule has 1 amide bonds. The molecule has 5 nitrogen and oxygen atoms in total. The fraction of sp³-hybridized carbons (Fsp3) is 0.474. The Kier molecular flexibility index (Phi) is 6.93. The van der Waals surface area contributed by atoms with Gasteiger partial charge in [0.15, 0.2) is 0 Å². The standard InChI is InChI=1S/C19H26N2O3S/c1-13(2)9-10-20-18(22)12-25(23)11-17-15(4)24-19(21-17)16-7-5-14(3)6-8-16/h5-8,13H,9-12H2,1-4H3,(H,20,22)/t25-/m1/s1. The van der Waals surface area contributed by atoms with Crippen LogP contribution < -0.4 is 5.32 Å². The molecule has 0 aliphatic heterocycles. The molecule has 0 saturated carbocycles. The van der Waals surface area contributed by atoms with Gasteiger partial charge in [-0.15, -0.1) is 0 Å². The summed E-state index contributed by atoms with van der Waals surface area (Å²) in [5.41, 5.74) is 2.69. The van der Waals surface area contributed by atoms with Crippen molar-refractivity contribution in [2.75, 3.05) is 12.3 Å². The van der Waals surface area contributed by atoms with E-state index in [0.29, 0.717) is 29.8 Å². The number of hydrogen-bond donors (Lipinski definition) is 1. The summed E-state index contributed by atoms with van der Waals surface area (Å²) in [6, 6.07) is 7.88. The van der Waals surface area contributed by atoms with Crippen molar-refractivity contribution in [1.82, 2.24) is 10.3 Å². The van der Waals surface area contributed by atoms with Crippen LogP contribution in [-0.2, 0) is 21.3 Å². The van der Waals surface area contributed by atoms with Crippen LogP contribution in [0.3, 0.4) is 0 Å². The highest BCUT2D eigenvalue weighted by molar-refractivity contribution is 7.84. The Bertz CT molecular complexity index is 736. The highest BCUT2D eigenvalue weighted by atomic mass is 32.2. The molecule has 1 atom stereocenters. The van der Waals surface area contributed by atoms with Gasteiger partial charge >= 0.3 is 0 Å². The van der Waals surface area contributed by atoms with Crippen molar-refractivity contribution in [3.05, 3.63) is 41.3 Å². The van der Waals surface area contributed by atoms with Gasteiger partial charge in [-0.2, -0.15) is 0 Å². The van der Waals surface area contributed by atoms with Crippen molar-refractivity contribution in [1.29, 1.82) is 0 Å². The van der Waals surface area contributed by atoms with Crippen molar-refractivity contribution in [2.24, 2.45) is 5.92 Å². The van der Waals surface area contributed by atoms with E-state index in [0.717, 1.165) is 17.5 Å². The summed E-state index contributed by atoms with van der Waals surface area (Å²) in [6.07, 6.45) is 0.917. The molecule has 2 aromatic rings. The Balaban J connectivity index is 1.93. The largest absolute Gasteiger partial charge is 0.441 e. The van der Waals surface area contributed by atoms with E-state index in [1.807, 2.05) is 31.2 Å². The van der Waals surface area contributed by atoms with E-state index >= 15 is 0 Å². The Morgan fingerprint density at radius 3 is 2.56 bits per heavy atom. The molecule has 1 aromatic carbocycles. The van der Waals surface area contributed by atoms with Gasteiger partial charge in [0.25, 0.3) is 0 Å². The zero-order valence-electron chi connectivity index (χ0n) is 15.3. The summed E-state index contributed by atoms with van der Waals surface area (Å²) in [5, 5.41) is 2.81. The van der Waals surface area contributed by atoms with Crippen LogP contribution >= 0.6 is 0 Å². The van der Waals surface area contributed by atoms with Crippen LogP contribution in [0.15, 0.2) is 28.7 Å². The van der Waals surface area contributed by atoms with E-state index in [1.165, 1.54) is 0 Å². The Labute approximate surface area is 151 Å². The van der Waals surface area contributed by atoms with Crippen LogP contribution in [0, 0.1) is 19.8 Å². The Morgan fingerprint density at radius 1 is 1.24 bits per heavy atom. The third-order valence-electron chi connectivity index (χ3n) is 3.82. The molecule has 0 fully saturated rings. The fourth-order valence-corrected chi connectivity index (χ4v) is 3.35. The number of aryl methyl sites for hydroxylation is 2. The van der Waals surface area contributed by atoms with Gasteiger partial charge in [-0.3, -0.25) is 9.00 Å². The number of rotatable bonds is 8. The summed E-state index contributed by atoms with van der Waals surface area (Å²) < 4.78 is 17.9. The average molecular weight is 362 g/mol. The first-order valence-corrected chi connectivity index (χ1v) is 9.99. The van der Waals surface area contributed by atoms with Gasteiger partial charge in [-0.1, -0.05) is 31.5 Å². The molecule has 6 heteroatoms. The maximum Gasteiger partial charge on any atom is 0.232 e. The summed E-state index contributed by atoms with van der Waals surface area (Å²) in [6.45, 7) is 8.65. The highest BCUT2D eigenvalue weighted by Crippen LogP contribution is 2.22. The first-order chi connectivity index (χ1) is 11.8. The van der Waals surface area contributed by atoms with Crippen molar-refractivity contribution < 1.29 is 13.4 Å². The predicted octanol–water partition coefficient (Wildman–Crippen LogP) is 3.37. The zero-order chi connectivity index (χ0) is 18.4. The van der Waals surface area contributed by atoms with Crippen LogP contribution in [0.4, 0.5) is 0 Å². The Hall–Kier alpha value is -1.95. The number of aromatic nitrogens is 1. The summed E-state index contributed by atoms with van der Waals surface area (Å²) in [5.74, 6) is 1.72. The average Bonchev–Trinajstić information content (AvgIpc) is 2.88. The van der Waals surface area contributed by atoms with E-state index in [2.05, 4.69) is 24.1 Å². The maximum absolute atomic E-state index is 12.2. The number of carbonyl (C=O) groups is 1. The summed E-state index contributed by atoms with van der Waals surface area (Å²) >= 11 is 0. The molecule has 25 heavy (non-hydrogen) atoms. The molecule has 1 heterocycles. The molecule has 2 rings (SSSR count). The zero-order valence-corrected chi connectivity index (χ0v) is 16.1. The third kappa shape index (κ3) is 6.12. The molecule has 0 bridgehead atoms. The van der Waals surface area contributed by atoms with Gasteiger partial charge in [-0.05, 0) is 38.3 Å². The van der Waals surface area contributed by atoms with E-state index in [4.69, 9.17) is 4.42 Å². The topological polar surface area (TPSA) is 72.2 Å². The van der Waals surface area contributed by atoms with Crippen LogP contribution in [0.2, 0.25) is 0 Å². The molecule has 1 aromatic heterocycles. The minimum absolute atomic E-state index is 0.00966. The molecule has 0 unspecified atom stereocenters. The van der Waals surface area contributed by atoms with Gasteiger partial charge in [-0.25, -0.2) is 4.98 Å². The lowest BCUT2D eigenvalue weighted by atomic mass is 10.1. The molecule has 0 spiro atoms. The molecular formula is C19H26N2O3S. The van der Waals surface area contributed by atoms with E-state index in [-0.39, 0.29) is 17.4 Å². The second kappa shape index (κ2) is 8.94. The lowest BCUT2D eigenvalue weighted by Gasteiger charge is -2.06. The predicted molar refractivity (Wildman–Crippen MR) is 101 cm³/mol. The molecule has 1 N–H and O–H groups in total. The van der Waals surface area contributed by atoms with E-state index in [1.54, 1.807) is 6.92 Å². The van der Waals surface area contributed by atoms with Crippen LogP contribution in [0.25, 0.3) is 11.5 Å². The molecule has 0 saturated heterocycles.